The third-order valence-corrected chi connectivity index (χ3v) is 5.15. The number of methoxy groups -OCH3 is 1. The van der Waals surface area contributed by atoms with E-state index in [4.69, 9.17) is 14.6 Å². The lowest BCUT2D eigenvalue weighted by atomic mass is 10.1. The number of amides is 1. The number of hydrogen-bond donors (Lipinski definition) is 1. The molecule has 0 aliphatic carbocycles. The molecule has 156 valence electrons. The smallest absolute Gasteiger partial charge is 0.270 e. The number of ether oxygens (including phenoxy) is 2. The monoisotopic (exact) mass is 406 g/mol. The summed E-state index contributed by atoms with van der Waals surface area (Å²) in [5, 5.41) is 7.75. The summed E-state index contributed by atoms with van der Waals surface area (Å²) in [6.45, 7) is 4.69. The van der Waals surface area contributed by atoms with Crippen molar-refractivity contribution in [2.75, 3.05) is 46.5 Å². The van der Waals surface area contributed by atoms with E-state index in [9.17, 15) is 4.79 Å². The number of carbonyl (C=O) groups is 1. The number of aromatic nitrogens is 2. The topological polar surface area (TPSA) is 68.6 Å². The van der Waals surface area contributed by atoms with Crippen molar-refractivity contribution in [1.29, 1.82) is 0 Å². The Labute approximate surface area is 176 Å². The van der Waals surface area contributed by atoms with E-state index in [-0.39, 0.29) is 5.91 Å². The van der Waals surface area contributed by atoms with Crippen LogP contribution >= 0.6 is 0 Å². The van der Waals surface area contributed by atoms with E-state index >= 15 is 0 Å². The molecule has 1 saturated heterocycles. The molecule has 1 aliphatic rings. The molecular formula is C23H26N4O3. The Balaban J connectivity index is 1.55. The van der Waals surface area contributed by atoms with Crippen LogP contribution in [0.5, 0.6) is 5.75 Å². The van der Waals surface area contributed by atoms with Crippen LogP contribution in [-0.4, -0.2) is 67.1 Å². The number of morpholine rings is 1. The summed E-state index contributed by atoms with van der Waals surface area (Å²) in [6.07, 6.45) is 0. The maximum atomic E-state index is 13.0. The van der Waals surface area contributed by atoms with E-state index in [1.54, 1.807) is 11.8 Å². The molecule has 7 heteroatoms. The lowest BCUT2D eigenvalue weighted by molar-refractivity contribution is 0.0383. The maximum absolute atomic E-state index is 13.0. The van der Waals surface area contributed by atoms with Gasteiger partial charge in [0.25, 0.3) is 5.91 Å². The first-order valence-corrected chi connectivity index (χ1v) is 10.1. The Hall–Kier alpha value is -3.16. The third-order valence-electron chi connectivity index (χ3n) is 5.15. The number of nitrogens with zero attached hydrogens (tertiary/aromatic N) is 3. The summed E-state index contributed by atoms with van der Waals surface area (Å²) in [7, 11) is 1.64. The molecule has 30 heavy (non-hydrogen) atoms. The number of carbonyl (C=O) groups excluding carboxylic acids is 1. The van der Waals surface area contributed by atoms with Crippen molar-refractivity contribution in [3.63, 3.8) is 0 Å². The number of rotatable bonds is 7. The summed E-state index contributed by atoms with van der Waals surface area (Å²) in [6, 6.07) is 19.2. The summed E-state index contributed by atoms with van der Waals surface area (Å²) < 4.78 is 12.3. The van der Waals surface area contributed by atoms with Gasteiger partial charge < -0.3 is 14.8 Å². The van der Waals surface area contributed by atoms with E-state index in [1.807, 2.05) is 60.7 Å². The van der Waals surface area contributed by atoms with Crippen molar-refractivity contribution in [3.8, 4) is 22.7 Å². The standard InChI is InChI=1S/C23H26N4O3/c1-29-20-9-7-18(8-10-20)21-17-22(27(25-21)19-5-3-2-4-6-19)23(28)24-11-12-26-13-15-30-16-14-26/h2-10,17H,11-16H2,1H3,(H,24,28). The molecule has 2 heterocycles. The Morgan fingerprint density at radius 1 is 1.10 bits per heavy atom. The molecule has 0 unspecified atom stereocenters. The summed E-state index contributed by atoms with van der Waals surface area (Å²) in [4.78, 5) is 15.3. The summed E-state index contributed by atoms with van der Waals surface area (Å²) in [5.41, 5.74) is 3.01. The van der Waals surface area contributed by atoms with Gasteiger partial charge in [-0.15, -0.1) is 0 Å². The molecule has 1 N–H and O–H groups in total. The molecule has 0 atom stereocenters. The van der Waals surface area contributed by atoms with Crippen LogP contribution in [0.25, 0.3) is 16.9 Å². The zero-order valence-electron chi connectivity index (χ0n) is 17.1. The van der Waals surface area contributed by atoms with Gasteiger partial charge in [-0.2, -0.15) is 5.10 Å². The molecule has 1 aromatic heterocycles. The van der Waals surface area contributed by atoms with Crippen molar-refractivity contribution < 1.29 is 14.3 Å². The fraction of sp³-hybridized carbons (Fsp3) is 0.304. The summed E-state index contributed by atoms with van der Waals surface area (Å²) >= 11 is 0. The van der Waals surface area contributed by atoms with Crippen molar-refractivity contribution in [3.05, 3.63) is 66.4 Å². The van der Waals surface area contributed by atoms with Crippen LogP contribution in [0, 0.1) is 0 Å². The number of hydrogen-bond acceptors (Lipinski definition) is 5. The highest BCUT2D eigenvalue weighted by Crippen LogP contribution is 2.24. The SMILES string of the molecule is COc1ccc(-c2cc(C(=O)NCCN3CCOCC3)n(-c3ccccc3)n2)cc1. The van der Waals surface area contributed by atoms with Crippen LogP contribution < -0.4 is 10.1 Å². The van der Waals surface area contributed by atoms with Crippen molar-refractivity contribution in [2.45, 2.75) is 0 Å². The zero-order chi connectivity index (χ0) is 20.8. The van der Waals surface area contributed by atoms with Crippen LogP contribution in [0.4, 0.5) is 0 Å². The normalized spacial score (nSPS) is 14.4. The van der Waals surface area contributed by atoms with Gasteiger partial charge in [-0.3, -0.25) is 9.69 Å². The van der Waals surface area contributed by atoms with E-state index < -0.39 is 0 Å². The highest BCUT2D eigenvalue weighted by molar-refractivity contribution is 5.94. The van der Waals surface area contributed by atoms with Gasteiger partial charge in [-0.05, 0) is 42.5 Å². The molecule has 2 aromatic carbocycles. The van der Waals surface area contributed by atoms with Crippen molar-refractivity contribution in [2.24, 2.45) is 0 Å². The fourth-order valence-electron chi connectivity index (χ4n) is 3.45. The van der Waals surface area contributed by atoms with Gasteiger partial charge in [0, 0.05) is 31.7 Å². The quantitative estimate of drug-likeness (QED) is 0.653. The lowest BCUT2D eigenvalue weighted by Crippen LogP contribution is -2.41. The van der Waals surface area contributed by atoms with Gasteiger partial charge >= 0.3 is 0 Å². The van der Waals surface area contributed by atoms with E-state index in [0.29, 0.717) is 12.2 Å². The predicted molar refractivity (Wildman–Crippen MR) is 115 cm³/mol. The van der Waals surface area contributed by atoms with Gasteiger partial charge in [-0.25, -0.2) is 4.68 Å². The second-order valence-corrected chi connectivity index (χ2v) is 7.10. The van der Waals surface area contributed by atoms with Crippen LogP contribution in [0.15, 0.2) is 60.7 Å². The van der Waals surface area contributed by atoms with Crippen molar-refractivity contribution in [1.82, 2.24) is 20.0 Å². The third kappa shape index (κ3) is 4.69. The highest BCUT2D eigenvalue weighted by atomic mass is 16.5. The van der Waals surface area contributed by atoms with Gasteiger partial charge in [0.2, 0.25) is 0 Å². The van der Waals surface area contributed by atoms with Gasteiger partial charge in [0.15, 0.2) is 0 Å². The molecule has 4 rings (SSSR count). The van der Waals surface area contributed by atoms with Crippen LogP contribution in [0.3, 0.4) is 0 Å². The van der Waals surface area contributed by atoms with E-state index in [0.717, 1.165) is 55.5 Å². The van der Waals surface area contributed by atoms with E-state index in [2.05, 4.69) is 10.2 Å². The molecule has 0 spiro atoms. The minimum Gasteiger partial charge on any atom is -0.497 e. The molecule has 0 radical (unpaired) electrons. The first kappa shape index (κ1) is 20.1. The molecule has 3 aromatic rings. The first-order chi connectivity index (χ1) is 14.7. The van der Waals surface area contributed by atoms with Crippen LogP contribution in [-0.2, 0) is 4.74 Å². The minimum atomic E-state index is -0.139. The highest BCUT2D eigenvalue weighted by Gasteiger charge is 2.18. The second kappa shape index (κ2) is 9.56. The molecule has 0 saturated carbocycles. The van der Waals surface area contributed by atoms with Gasteiger partial charge in [0.1, 0.15) is 11.4 Å². The number of benzene rings is 2. The molecule has 7 nitrogen and oxygen atoms in total. The molecule has 1 aliphatic heterocycles. The van der Waals surface area contributed by atoms with Crippen LogP contribution in [0.1, 0.15) is 10.5 Å². The Bertz CT molecular complexity index is 964. The van der Waals surface area contributed by atoms with Gasteiger partial charge in [0.05, 0.1) is 31.7 Å². The number of nitrogens with one attached hydrogen (secondary N) is 1. The van der Waals surface area contributed by atoms with Gasteiger partial charge in [-0.1, -0.05) is 18.2 Å². The maximum Gasteiger partial charge on any atom is 0.270 e. The van der Waals surface area contributed by atoms with E-state index in [1.165, 1.54) is 0 Å². The minimum absolute atomic E-state index is 0.139. The average Bonchev–Trinajstić information content (AvgIpc) is 3.26. The predicted octanol–water partition coefficient (Wildman–Crippen LogP) is 2.61. The molecule has 0 bridgehead atoms. The lowest BCUT2D eigenvalue weighted by Gasteiger charge is -2.26. The van der Waals surface area contributed by atoms with Crippen LogP contribution in [0.2, 0.25) is 0 Å². The Morgan fingerprint density at radius 2 is 1.83 bits per heavy atom. The molecule has 1 fully saturated rings. The number of para-hydroxylation sites is 1. The van der Waals surface area contributed by atoms with Crippen molar-refractivity contribution >= 4 is 5.91 Å². The second-order valence-electron chi connectivity index (χ2n) is 7.10. The fourth-order valence-corrected chi connectivity index (χ4v) is 3.45. The largest absolute Gasteiger partial charge is 0.497 e. The molecule has 1 amide bonds. The zero-order valence-corrected chi connectivity index (χ0v) is 17.1. The average molecular weight is 406 g/mol. The molecular weight excluding hydrogens is 380 g/mol. The summed E-state index contributed by atoms with van der Waals surface area (Å²) in [5.74, 6) is 0.640. The Kier molecular flexibility index (Phi) is 6.41. The Morgan fingerprint density at radius 3 is 2.53 bits per heavy atom. The first-order valence-electron chi connectivity index (χ1n) is 10.1.